The van der Waals surface area contributed by atoms with E-state index in [1.165, 1.54) is 31.4 Å². The van der Waals surface area contributed by atoms with E-state index in [-0.39, 0.29) is 4.90 Å². The Bertz CT molecular complexity index is 1200. The average molecular weight is 413 g/mol. The summed E-state index contributed by atoms with van der Waals surface area (Å²) in [6, 6.07) is 16.2. The number of benzene rings is 2. The maximum atomic E-state index is 12.5. The molecule has 8 nitrogen and oxygen atoms in total. The number of aryl methyl sites for hydroxylation is 1. The van der Waals surface area contributed by atoms with Crippen LogP contribution in [0.3, 0.4) is 0 Å². The number of nitrogens with one attached hydrogen (secondary N) is 1. The Hall–Kier alpha value is -3.46. The van der Waals surface area contributed by atoms with Gasteiger partial charge in [-0.1, -0.05) is 30.3 Å². The van der Waals surface area contributed by atoms with Crippen molar-refractivity contribution in [2.24, 2.45) is 0 Å². The maximum Gasteiger partial charge on any atom is 0.267 e. The summed E-state index contributed by atoms with van der Waals surface area (Å²) in [5.74, 6) is -0.345. The third kappa shape index (κ3) is 4.69. The lowest BCUT2D eigenvalue weighted by atomic mass is 10.1. The predicted molar refractivity (Wildman–Crippen MR) is 107 cm³/mol. The number of hydrogen-bond donors (Lipinski definition) is 1. The SMILES string of the molecule is COc1ccc(S(=O)(=O)NC(=O)Cn2nc(-c3ccccc3)ccc2=O)cc1C. The summed E-state index contributed by atoms with van der Waals surface area (Å²) < 4.78 is 32.9. The van der Waals surface area contributed by atoms with E-state index in [1.54, 1.807) is 13.0 Å². The second-order valence-electron chi connectivity index (χ2n) is 6.24. The molecular weight excluding hydrogens is 394 g/mol. The molecule has 0 aliphatic carbocycles. The first kappa shape index (κ1) is 20.3. The standard InChI is InChI=1S/C20H19N3O5S/c1-14-12-16(8-10-18(14)28-2)29(26,27)22-19(24)13-23-20(25)11-9-17(21-23)15-6-4-3-5-7-15/h3-12H,13H2,1-2H3,(H,22,24). The highest BCUT2D eigenvalue weighted by Gasteiger charge is 2.19. The number of methoxy groups -OCH3 is 1. The van der Waals surface area contributed by atoms with Crippen molar-refractivity contribution in [2.45, 2.75) is 18.4 Å². The van der Waals surface area contributed by atoms with E-state index < -0.39 is 28.0 Å². The van der Waals surface area contributed by atoms with Gasteiger partial charge in [-0.05, 0) is 36.8 Å². The summed E-state index contributed by atoms with van der Waals surface area (Å²) in [4.78, 5) is 24.3. The normalized spacial score (nSPS) is 11.1. The fraction of sp³-hybridized carbons (Fsp3) is 0.150. The van der Waals surface area contributed by atoms with Crippen molar-refractivity contribution in [3.63, 3.8) is 0 Å². The third-order valence-electron chi connectivity index (χ3n) is 4.15. The molecule has 29 heavy (non-hydrogen) atoms. The first-order valence-electron chi connectivity index (χ1n) is 8.64. The van der Waals surface area contributed by atoms with Crippen molar-refractivity contribution in [2.75, 3.05) is 7.11 Å². The van der Waals surface area contributed by atoms with Gasteiger partial charge in [0.25, 0.3) is 21.5 Å². The summed E-state index contributed by atoms with van der Waals surface area (Å²) in [6.45, 7) is 1.16. The largest absolute Gasteiger partial charge is 0.496 e. The number of nitrogens with zero attached hydrogens (tertiary/aromatic N) is 2. The van der Waals surface area contributed by atoms with Crippen molar-refractivity contribution >= 4 is 15.9 Å². The Labute approximate surface area is 167 Å². The van der Waals surface area contributed by atoms with Crippen molar-refractivity contribution < 1.29 is 17.9 Å². The van der Waals surface area contributed by atoms with Crippen LogP contribution in [0, 0.1) is 6.92 Å². The summed E-state index contributed by atoms with van der Waals surface area (Å²) >= 11 is 0. The van der Waals surface area contributed by atoms with Crippen molar-refractivity contribution in [3.8, 4) is 17.0 Å². The molecule has 0 saturated carbocycles. The molecule has 0 fully saturated rings. The van der Waals surface area contributed by atoms with Crippen LogP contribution in [0.5, 0.6) is 5.75 Å². The van der Waals surface area contributed by atoms with Crippen molar-refractivity contribution in [1.29, 1.82) is 0 Å². The van der Waals surface area contributed by atoms with Gasteiger partial charge in [0.2, 0.25) is 0 Å². The van der Waals surface area contributed by atoms with E-state index in [0.717, 1.165) is 10.2 Å². The number of hydrogen-bond acceptors (Lipinski definition) is 6. The average Bonchev–Trinajstić information content (AvgIpc) is 2.70. The van der Waals surface area contributed by atoms with Gasteiger partial charge < -0.3 is 4.74 Å². The molecule has 0 saturated heterocycles. The Morgan fingerprint density at radius 2 is 1.83 bits per heavy atom. The minimum atomic E-state index is -4.10. The Balaban J connectivity index is 1.80. The lowest BCUT2D eigenvalue weighted by molar-refractivity contribution is -0.120. The molecule has 1 amide bonds. The van der Waals surface area contributed by atoms with Gasteiger partial charge in [-0.3, -0.25) is 9.59 Å². The number of sulfonamides is 1. The molecule has 0 aliphatic heterocycles. The smallest absolute Gasteiger partial charge is 0.267 e. The van der Waals surface area contributed by atoms with Crippen molar-refractivity contribution in [3.05, 3.63) is 76.6 Å². The quantitative estimate of drug-likeness (QED) is 0.660. The molecule has 0 radical (unpaired) electrons. The highest BCUT2D eigenvalue weighted by molar-refractivity contribution is 7.90. The number of rotatable bonds is 6. The third-order valence-corrected chi connectivity index (χ3v) is 5.53. The molecule has 0 aliphatic rings. The first-order valence-corrected chi connectivity index (χ1v) is 10.1. The minimum absolute atomic E-state index is 0.0810. The van der Waals surface area contributed by atoms with E-state index in [2.05, 4.69) is 5.10 Å². The van der Waals surface area contributed by atoms with E-state index in [1.807, 2.05) is 35.1 Å². The van der Waals surface area contributed by atoms with Gasteiger partial charge in [-0.25, -0.2) is 17.8 Å². The zero-order chi connectivity index (χ0) is 21.0. The van der Waals surface area contributed by atoms with E-state index >= 15 is 0 Å². The molecule has 3 rings (SSSR count). The summed E-state index contributed by atoms with van der Waals surface area (Å²) in [5.41, 5.74) is 1.35. The maximum absolute atomic E-state index is 12.5. The second kappa shape index (κ2) is 8.27. The zero-order valence-corrected chi connectivity index (χ0v) is 16.6. The van der Waals surface area contributed by atoms with E-state index in [4.69, 9.17) is 4.74 Å². The molecular formula is C20H19N3O5S. The lowest BCUT2D eigenvalue weighted by Crippen LogP contribution is -2.36. The molecule has 0 unspecified atom stereocenters. The summed E-state index contributed by atoms with van der Waals surface area (Å²) in [6.07, 6.45) is 0. The molecule has 150 valence electrons. The van der Waals surface area contributed by atoms with Crippen LogP contribution in [0.4, 0.5) is 0 Å². The van der Waals surface area contributed by atoms with Gasteiger partial charge in [0.05, 0.1) is 17.7 Å². The number of amides is 1. The summed E-state index contributed by atoms with van der Waals surface area (Å²) in [5, 5.41) is 4.15. The predicted octanol–water partition coefficient (Wildman–Crippen LogP) is 1.73. The van der Waals surface area contributed by atoms with Crippen molar-refractivity contribution in [1.82, 2.24) is 14.5 Å². The molecule has 1 heterocycles. The highest BCUT2D eigenvalue weighted by Crippen LogP contribution is 2.21. The molecule has 9 heteroatoms. The molecule has 3 aromatic rings. The second-order valence-corrected chi connectivity index (χ2v) is 7.92. The van der Waals surface area contributed by atoms with Gasteiger partial charge in [-0.2, -0.15) is 5.10 Å². The van der Waals surface area contributed by atoms with Gasteiger partial charge in [0.15, 0.2) is 0 Å². The Morgan fingerprint density at radius 3 is 2.48 bits per heavy atom. The van der Waals surface area contributed by atoms with Crippen LogP contribution in [-0.4, -0.2) is 31.2 Å². The fourth-order valence-corrected chi connectivity index (χ4v) is 3.78. The highest BCUT2D eigenvalue weighted by atomic mass is 32.2. The zero-order valence-electron chi connectivity index (χ0n) is 15.8. The molecule has 0 spiro atoms. The molecule has 1 aromatic heterocycles. The van der Waals surface area contributed by atoms with Crippen LogP contribution in [0.2, 0.25) is 0 Å². The topological polar surface area (TPSA) is 107 Å². The minimum Gasteiger partial charge on any atom is -0.496 e. The van der Waals surface area contributed by atoms with Gasteiger partial charge in [0.1, 0.15) is 12.3 Å². The number of carbonyl (C=O) groups excluding carboxylic acids is 1. The molecule has 1 N–H and O–H groups in total. The molecule has 0 atom stereocenters. The monoisotopic (exact) mass is 413 g/mol. The Morgan fingerprint density at radius 1 is 1.10 bits per heavy atom. The van der Waals surface area contributed by atoms with Crippen LogP contribution in [0.25, 0.3) is 11.3 Å². The van der Waals surface area contributed by atoms with E-state index in [0.29, 0.717) is 17.0 Å². The molecule has 0 bridgehead atoms. The number of carbonyl (C=O) groups is 1. The van der Waals surface area contributed by atoms with Crippen LogP contribution >= 0.6 is 0 Å². The van der Waals surface area contributed by atoms with E-state index in [9.17, 15) is 18.0 Å². The molecule has 2 aromatic carbocycles. The van der Waals surface area contributed by atoms with Crippen LogP contribution in [0.1, 0.15) is 5.56 Å². The van der Waals surface area contributed by atoms with Gasteiger partial charge in [-0.15, -0.1) is 0 Å². The van der Waals surface area contributed by atoms with Crippen LogP contribution in [-0.2, 0) is 21.4 Å². The fourth-order valence-electron chi connectivity index (χ4n) is 2.72. The van der Waals surface area contributed by atoms with Crippen LogP contribution < -0.4 is 15.0 Å². The Kier molecular flexibility index (Phi) is 5.79. The number of aromatic nitrogens is 2. The van der Waals surface area contributed by atoms with Crippen LogP contribution in [0.15, 0.2) is 70.4 Å². The van der Waals surface area contributed by atoms with Gasteiger partial charge in [0, 0.05) is 11.6 Å². The summed E-state index contributed by atoms with van der Waals surface area (Å²) in [7, 11) is -2.62. The lowest BCUT2D eigenvalue weighted by Gasteiger charge is -2.11. The van der Waals surface area contributed by atoms with Gasteiger partial charge >= 0.3 is 0 Å². The number of ether oxygens (including phenoxy) is 1. The first-order chi connectivity index (χ1) is 13.8.